The molecular formula is C29H31FN2O6S. The van der Waals surface area contributed by atoms with Crippen LogP contribution >= 0.6 is 0 Å². The second-order valence-corrected chi connectivity index (χ2v) is 11.5. The van der Waals surface area contributed by atoms with E-state index in [1.54, 1.807) is 0 Å². The molecule has 3 aromatic carbocycles. The summed E-state index contributed by atoms with van der Waals surface area (Å²) in [5.41, 5.74) is 0.553. The fourth-order valence-corrected chi connectivity index (χ4v) is 6.47. The molecule has 2 aliphatic rings. The van der Waals surface area contributed by atoms with Crippen LogP contribution in [0.4, 0.5) is 10.1 Å². The highest BCUT2D eigenvalue weighted by Gasteiger charge is 2.39. The van der Waals surface area contributed by atoms with Gasteiger partial charge in [0.2, 0.25) is 5.91 Å². The van der Waals surface area contributed by atoms with Gasteiger partial charge in [-0.1, -0.05) is 32.0 Å². The highest BCUT2D eigenvalue weighted by atomic mass is 32.2. The summed E-state index contributed by atoms with van der Waals surface area (Å²) in [5.74, 6) is 0.439. The van der Waals surface area contributed by atoms with Crippen LogP contribution in [-0.2, 0) is 14.8 Å². The van der Waals surface area contributed by atoms with Crippen molar-refractivity contribution in [2.75, 3.05) is 24.1 Å². The normalized spacial score (nSPS) is 17.5. The number of amides is 1. The summed E-state index contributed by atoms with van der Waals surface area (Å²) in [6.07, 6.45) is 2.06. The quantitative estimate of drug-likeness (QED) is 0.422. The average Bonchev–Trinajstić information content (AvgIpc) is 2.96. The number of benzene rings is 3. The molecule has 206 valence electrons. The number of sulfonamides is 1. The number of fused-ring (bicyclic) bond motifs is 2. The number of hydrogen-bond acceptors (Lipinski definition) is 6. The van der Waals surface area contributed by atoms with Crippen LogP contribution in [0.5, 0.6) is 17.2 Å². The first-order valence-corrected chi connectivity index (χ1v) is 14.4. The molecule has 2 heterocycles. The number of hydrogen-bond donors (Lipinski definition) is 1. The largest absolute Gasteiger partial charge is 0.487 e. The Morgan fingerprint density at radius 2 is 1.67 bits per heavy atom. The molecule has 0 bridgehead atoms. The van der Waals surface area contributed by atoms with Crippen molar-refractivity contribution in [3.05, 3.63) is 78.1 Å². The van der Waals surface area contributed by atoms with Gasteiger partial charge in [-0.25, -0.2) is 12.8 Å². The molecule has 1 amide bonds. The Hall–Kier alpha value is -3.79. The fourth-order valence-electron chi connectivity index (χ4n) is 5.03. The van der Waals surface area contributed by atoms with Gasteiger partial charge in [-0.05, 0) is 55.3 Å². The Balaban J connectivity index is 1.45. The molecule has 3 aromatic rings. The van der Waals surface area contributed by atoms with Crippen molar-refractivity contribution >= 4 is 21.6 Å². The van der Waals surface area contributed by atoms with E-state index in [2.05, 4.69) is 5.32 Å². The lowest BCUT2D eigenvalue weighted by Crippen LogP contribution is -2.47. The van der Waals surface area contributed by atoms with Crippen LogP contribution in [0.1, 0.15) is 44.7 Å². The number of halogens is 1. The summed E-state index contributed by atoms with van der Waals surface area (Å²) in [7, 11) is -4.24. The van der Waals surface area contributed by atoms with E-state index >= 15 is 0 Å². The lowest BCUT2D eigenvalue weighted by molar-refractivity contribution is -0.121. The second kappa shape index (κ2) is 10.8. The zero-order valence-corrected chi connectivity index (χ0v) is 22.7. The van der Waals surface area contributed by atoms with Crippen LogP contribution in [0.15, 0.2) is 71.6 Å². The summed E-state index contributed by atoms with van der Waals surface area (Å²) in [5, 5.41) is 3.04. The predicted octanol–water partition coefficient (Wildman–Crippen LogP) is 4.99. The standard InChI is InChI=1S/C29H31FN2O6S/c1-3-29(4-2)18-24(23-7-5-6-8-25(23)38-29)31-28(33)19-32(21-11-9-20(30)10-12-21)39(34,35)22-13-14-26-27(17-22)37-16-15-36-26/h5-14,17,24H,3-4,15-16,18-19H2,1-2H3,(H,31,33)/t24-/m1/s1. The Bertz CT molecular complexity index is 1460. The number of carbonyl (C=O) groups is 1. The summed E-state index contributed by atoms with van der Waals surface area (Å²) in [4.78, 5) is 13.4. The molecule has 1 atom stereocenters. The van der Waals surface area contributed by atoms with E-state index in [1.807, 2.05) is 38.1 Å². The number of nitrogens with one attached hydrogen (secondary N) is 1. The van der Waals surface area contributed by atoms with E-state index in [0.29, 0.717) is 36.9 Å². The molecule has 0 radical (unpaired) electrons. The first-order valence-electron chi connectivity index (χ1n) is 13.0. The number of carbonyl (C=O) groups excluding carboxylic acids is 1. The van der Waals surface area contributed by atoms with Crippen LogP contribution in [0.2, 0.25) is 0 Å². The minimum atomic E-state index is -4.24. The van der Waals surface area contributed by atoms with Gasteiger partial charge in [0.15, 0.2) is 11.5 Å². The maximum atomic E-state index is 13.9. The van der Waals surface area contributed by atoms with Crippen molar-refractivity contribution in [2.24, 2.45) is 0 Å². The third-order valence-electron chi connectivity index (χ3n) is 7.32. The third kappa shape index (κ3) is 5.38. The molecule has 39 heavy (non-hydrogen) atoms. The van der Waals surface area contributed by atoms with Gasteiger partial charge >= 0.3 is 0 Å². The lowest BCUT2D eigenvalue weighted by Gasteiger charge is -2.41. The molecular weight excluding hydrogens is 523 g/mol. The van der Waals surface area contributed by atoms with Crippen LogP contribution in [0.3, 0.4) is 0 Å². The Morgan fingerprint density at radius 3 is 2.38 bits per heavy atom. The van der Waals surface area contributed by atoms with Crippen LogP contribution < -0.4 is 23.8 Å². The highest BCUT2D eigenvalue weighted by Crippen LogP contribution is 2.42. The molecule has 1 N–H and O–H groups in total. The SMILES string of the molecule is CCC1(CC)C[C@@H](NC(=O)CN(c2ccc(F)cc2)S(=O)(=O)c2ccc3c(c2)OCCO3)c2ccccc2O1. The molecule has 0 aromatic heterocycles. The molecule has 0 spiro atoms. The Kier molecular flexibility index (Phi) is 7.40. The molecule has 2 aliphatic heterocycles. The predicted molar refractivity (Wildman–Crippen MR) is 144 cm³/mol. The fraction of sp³-hybridized carbons (Fsp3) is 0.345. The number of ether oxygens (including phenoxy) is 3. The van der Waals surface area contributed by atoms with E-state index in [4.69, 9.17) is 14.2 Å². The van der Waals surface area contributed by atoms with Gasteiger partial charge in [-0.2, -0.15) is 0 Å². The summed E-state index contributed by atoms with van der Waals surface area (Å²) in [6, 6.07) is 16.5. The van der Waals surface area contributed by atoms with Gasteiger partial charge in [-0.15, -0.1) is 0 Å². The maximum absolute atomic E-state index is 13.9. The van der Waals surface area contributed by atoms with Gasteiger partial charge in [-0.3, -0.25) is 9.10 Å². The number of rotatable bonds is 8. The minimum absolute atomic E-state index is 0.0729. The first kappa shape index (κ1) is 26.8. The lowest BCUT2D eigenvalue weighted by atomic mass is 9.83. The topological polar surface area (TPSA) is 94.2 Å². The van der Waals surface area contributed by atoms with E-state index < -0.39 is 33.9 Å². The van der Waals surface area contributed by atoms with E-state index in [0.717, 1.165) is 34.8 Å². The van der Waals surface area contributed by atoms with Gasteiger partial charge in [0.25, 0.3) is 10.0 Å². The molecule has 5 rings (SSSR count). The minimum Gasteiger partial charge on any atom is -0.487 e. The number of para-hydroxylation sites is 1. The van der Waals surface area contributed by atoms with Gasteiger partial charge < -0.3 is 19.5 Å². The Labute approximate surface area is 227 Å². The summed E-state index contributed by atoms with van der Waals surface area (Å²) < 4.78 is 59.8. The van der Waals surface area contributed by atoms with E-state index in [-0.39, 0.29) is 16.6 Å². The van der Waals surface area contributed by atoms with Crippen molar-refractivity contribution in [3.63, 3.8) is 0 Å². The number of anilines is 1. The monoisotopic (exact) mass is 554 g/mol. The van der Waals surface area contributed by atoms with Gasteiger partial charge in [0.05, 0.1) is 16.6 Å². The second-order valence-electron chi connectivity index (χ2n) is 9.65. The Morgan fingerprint density at radius 1 is 0.974 bits per heavy atom. The zero-order valence-electron chi connectivity index (χ0n) is 21.9. The third-order valence-corrected chi connectivity index (χ3v) is 9.09. The molecule has 0 fully saturated rings. The zero-order chi connectivity index (χ0) is 27.6. The average molecular weight is 555 g/mol. The molecule has 0 saturated carbocycles. The van der Waals surface area contributed by atoms with Crippen molar-refractivity contribution < 1.29 is 31.8 Å². The van der Waals surface area contributed by atoms with E-state index in [1.165, 1.54) is 30.3 Å². The van der Waals surface area contributed by atoms with Crippen molar-refractivity contribution in [3.8, 4) is 17.2 Å². The van der Waals surface area contributed by atoms with Gasteiger partial charge in [0, 0.05) is 18.1 Å². The summed E-state index contributed by atoms with van der Waals surface area (Å²) >= 11 is 0. The van der Waals surface area contributed by atoms with Crippen molar-refractivity contribution in [1.29, 1.82) is 0 Å². The highest BCUT2D eigenvalue weighted by molar-refractivity contribution is 7.92. The molecule has 0 saturated heterocycles. The molecule has 0 aliphatic carbocycles. The smallest absolute Gasteiger partial charge is 0.264 e. The van der Waals surface area contributed by atoms with Crippen LogP contribution in [0.25, 0.3) is 0 Å². The first-order chi connectivity index (χ1) is 18.7. The maximum Gasteiger partial charge on any atom is 0.264 e. The van der Waals surface area contributed by atoms with Gasteiger partial charge in [0.1, 0.15) is 36.9 Å². The van der Waals surface area contributed by atoms with E-state index in [9.17, 15) is 17.6 Å². The van der Waals surface area contributed by atoms with Crippen LogP contribution in [-0.4, -0.2) is 39.7 Å². The summed E-state index contributed by atoms with van der Waals surface area (Å²) in [6.45, 7) is 4.25. The molecule has 8 nitrogen and oxygen atoms in total. The number of nitrogens with zero attached hydrogens (tertiary/aromatic N) is 1. The molecule has 0 unspecified atom stereocenters. The van der Waals surface area contributed by atoms with Crippen molar-refractivity contribution in [2.45, 2.75) is 49.6 Å². The molecule has 10 heteroatoms. The van der Waals surface area contributed by atoms with Crippen LogP contribution in [0, 0.1) is 5.82 Å². The van der Waals surface area contributed by atoms with Crippen molar-refractivity contribution in [1.82, 2.24) is 5.32 Å².